The fourth-order valence-corrected chi connectivity index (χ4v) is 3.79. The summed E-state index contributed by atoms with van der Waals surface area (Å²) < 4.78 is 27.2. The van der Waals surface area contributed by atoms with Crippen LogP contribution >= 0.6 is 0 Å². The number of halogens is 2. The highest BCUT2D eigenvalue weighted by atomic mass is 19.3. The monoisotopic (exact) mass is 351 g/mol. The molecular formula is C16H23F2N7. The number of aromatic nitrogens is 4. The Morgan fingerprint density at radius 1 is 1.12 bits per heavy atom. The van der Waals surface area contributed by atoms with Gasteiger partial charge in [-0.3, -0.25) is 4.90 Å². The molecule has 2 aliphatic heterocycles. The quantitative estimate of drug-likeness (QED) is 0.827. The molecule has 0 N–H and O–H groups in total. The first-order chi connectivity index (χ1) is 12.2. The largest absolute Gasteiger partial charge is 0.354 e. The van der Waals surface area contributed by atoms with E-state index in [2.05, 4.69) is 36.9 Å². The van der Waals surface area contributed by atoms with Gasteiger partial charge in [0.1, 0.15) is 5.82 Å². The zero-order valence-corrected chi connectivity index (χ0v) is 14.4. The highest BCUT2D eigenvalue weighted by Gasteiger charge is 2.30. The Morgan fingerprint density at radius 3 is 2.64 bits per heavy atom. The summed E-state index contributed by atoms with van der Waals surface area (Å²) in [5, 5.41) is 11.6. The van der Waals surface area contributed by atoms with Gasteiger partial charge in [0.25, 0.3) is 6.43 Å². The Kier molecular flexibility index (Phi) is 4.51. The molecule has 4 rings (SSSR count). The van der Waals surface area contributed by atoms with Crippen molar-refractivity contribution in [3.63, 3.8) is 0 Å². The summed E-state index contributed by atoms with van der Waals surface area (Å²) in [7, 11) is 0. The Hall–Kier alpha value is -1.87. The SMILES string of the molecule is CCN1CCN(C2CCN(c3ccc4nnc(C(F)F)n4n3)C2)CC1. The molecule has 2 aliphatic rings. The third-order valence-corrected chi connectivity index (χ3v) is 5.33. The molecule has 2 saturated heterocycles. The summed E-state index contributed by atoms with van der Waals surface area (Å²) in [6, 6.07) is 4.05. The van der Waals surface area contributed by atoms with Crippen molar-refractivity contribution in [1.29, 1.82) is 0 Å². The van der Waals surface area contributed by atoms with Gasteiger partial charge < -0.3 is 9.80 Å². The number of anilines is 1. The van der Waals surface area contributed by atoms with Crippen LogP contribution in [0.3, 0.4) is 0 Å². The molecule has 1 unspecified atom stereocenters. The lowest BCUT2D eigenvalue weighted by atomic mass is 10.2. The Balaban J connectivity index is 1.46. The van der Waals surface area contributed by atoms with Crippen molar-refractivity contribution in [2.75, 3.05) is 50.7 Å². The fraction of sp³-hybridized carbons (Fsp3) is 0.688. The lowest BCUT2D eigenvalue weighted by Gasteiger charge is -2.37. The van der Waals surface area contributed by atoms with Gasteiger partial charge in [0, 0.05) is 45.3 Å². The number of fused-ring (bicyclic) bond motifs is 1. The van der Waals surface area contributed by atoms with Crippen LogP contribution in [-0.2, 0) is 0 Å². The van der Waals surface area contributed by atoms with E-state index in [-0.39, 0.29) is 0 Å². The summed E-state index contributed by atoms with van der Waals surface area (Å²) in [5.41, 5.74) is 0.352. The second-order valence-electron chi connectivity index (χ2n) is 6.68. The number of hydrogen-bond acceptors (Lipinski definition) is 6. The molecule has 0 radical (unpaired) electrons. The van der Waals surface area contributed by atoms with Crippen molar-refractivity contribution in [1.82, 2.24) is 29.6 Å². The smallest absolute Gasteiger partial charge is 0.299 e. The first-order valence-electron chi connectivity index (χ1n) is 8.87. The van der Waals surface area contributed by atoms with Crippen molar-refractivity contribution in [3.8, 4) is 0 Å². The summed E-state index contributed by atoms with van der Waals surface area (Å²) in [4.78, 5) is 7.19. The maximum Gasteiger partial charge on any atom is 0.299 e. The van der Waals surface area contributed by atoms with Crippen LogP contribution in [0.5, 0.6) is 0 Å². The average Bonchev–Trinajstić information content (AvgIpc) is 3.28. The van der Waals surface area contributed by atoms with E-state index >= 15 is 0 Å². The molecule has 2 aromatic rings. The molecule has 9 heteroatoms. The second kappa shape index (κ2) is 6.80. The van der Waals surface area contributed by atoms with Crippen molar-refractivity contribution < 1.29 is 8.78 Å². The molecule has 25 heavy (non-hydrogen) atoms. The van der Waals surface area contributed by atoms with E-state index in [9.17, 15) is 8.78 Å². The number of piperazine rings is 1. The number of nitrogens with zero attached hydrogens (tertiary/aromatic N) is 7. The van der Waals surface area contributed by atoms with Crippen LogP contribution in [0.1, 0.15) is 25.6 Å². The number of rotatable bonds is 4. The fourth-order valence-electron chi connectivity index (χ4n) is 3.79. The van der Waals surface area contributed by atoms with E-state index in [0.717, 1.165) is 56.7 Å². The molecule has 0 amide bonds. The maximum atomic E-state index is 13.0. The molecule has 2 aromatic heterocycles. The first kappa shape index (κ1) is 16.6. The van der Waals surface area contributed by atoms with E-state index in [4.69, 9.17) is 0 Å². The van der Waals surface area contributed by atoms with Crippen LogP contribution in [0.2, 0.25) is 0 Å². The maximum absolute atomic E-state index is 13.0. The molecule has 0 saturated carbocycles. The van der Waals surface area contributed by atoms with E-state index in [1.807, 2.05) is 6.07 Å². The van der Waals surface area contributed by atoms with Gasteiger partial charge in [-0.1, -0.05) is 6.92 Å². The summed E-state index contributed by atoms with van der Waals surface area (Å²) in [6.07, 6.45) is -1.60. The number of alkyl halides is 2. The molecular weight excluding hydrogens is 328 g/mol. The molecule has 0 aromatic carbocycles. The van der Waals surface area contributed by atoms with Gasteiger partial charge in [0.15, 0.2) is 5.65 Å². The molecule has 4 heterocycles. The predicted molar refractivity (Wildman–Crippen MR) is 90.0 cm³/mol. The highest BCUT2D eigenvalue weighted by molar-refractivity contribution is 5.46. The molecule has 2 fully saturated rings. The predicted octanol–water partition coefficient (Wildman–Crippen LogP) is 1.28. The Labute approximate surface area is 145 Å². The van der Waals surface area contributed by atoms with Crippen molar-refractivity contribution in [3.05, 3.63) is 18.0 Å². The first-order valence-corrected chi connectivity index (χ1v) is 8.87. The summed E-state index contributed by atoms with van der Waals surface area (Å²) >= 11 is 0. The number of likely N-dealkylation sites (N-methyl/N-ethyl adjacent to an activating group) is 1. The molecule has 7 nitrogen and oxygen atoms in total. The topological polar surface area (TPSA) is 52.8 Å². The molecule has 0 spiro atoms. The lowest BCUT2D eigenvalue weighted by molar-refractivity contribution is 0.107. The van der Waals surface area contributed by atoms with Crippen molar-refractivity contribution in [2.45, 2.75) is 25.8 Å². The molecule has 136 valence electrons. The lowest BCUT2D eigenvalue weighted by Crippen LogP contribution is -2.50. The van der Waals surface area contributed by atoms with Crippen LogP contribution in [-0.4, -0.2) is 81.5 Å². The summed E-state index contributed by atoms with van der Waals surface area (Å²) in [6.45, 7) is 9.53. The normalized spacial score (nSPS) is 23.2. The zero-order chi connectivity index (χ0) is 17.4. The third-order valence-electron chi connectivity index (χ3n) is 5.33. The van der Waals surface area contributed by atoms with E-state index in [0.29, 0.717) is 17.5 Å². The Bertz CT molecular complexity index is 726. The second-order valence-corrected chi connectivity index (χ2v) is 6.68. The van der Waals surface area contributed by atoms with E-state index in [1.54, 1.807) is 6.07 Å². The van der Waals surface area contributed by atoms with Gasteiger partial charge in [-0.25, -0.2) is 8.78 Å². The van der Waals surface area contributed by atoms with Crippen LogP contribution in [0.4, 0.5) is 14.6 Å². The molecule has 0 bridgehead atoms. The Morgan fingerprint density at radius 2 is 1.92 bits per heavy atom. The van der Waals surface area contributed by atoms with Gasteiger partial charge in [0.2, 0.25) is 5.82 Å². The third kappa shape index (κ3) is 3.18. The zero-order valence-electron chi connectivity index (χ0n) is 14.4. The van der Waals surface area contributed by atoms with Crippen LogP contribution < -0.4 is 4.90 Å². The molecule has 0 aliphatic carbocycles. The van der Waals surface area contributed by atoms with Gasteiger partial charge in [-0.15, -0.1) is 15.3 Å². The minimum absolute atomic E-state index is 0.352. The van der Waals surface area contributed by atoms with Crippen LogP contribution in [0, 0.1) is 0 Å². The van der Waals surface area contributed by atoms with Crippen molar-refractivity contribution in [2.24, 2.45) is 0 Å². The van der Waals surface area contributed by atoms with Gasteiger partial charge in [0.05, 0.1) is 0 Å². The van der Waals surface area contributed by atoms with E-state index in [1.165, 1.54) is 0 Å². The van der Waals surface area contributed by atoms with Crippen LogP contribution in [0.15, 0.2) is 12.1 Å². The van der Waals surface area contributed by atoms with Crippen molar-refractivity contribution >= 4 is 11.5 Å². The standard InChI is InChI=1S/C16H23F2N7/c1-2-22-7-9-23(10-8-22)12-5-6-24(11-12)14-4-3-13-19-20-16(15(17)18)25(13)21-14/h3-4,12,15H,2,5-11H2,1H3. The minimum Gasteiger partial charge on any atom is -0.354 e. The number of hydrogen-bond donors (Lipinski definition) is 0. The van der Waals surface area contributed by atoms with Crippen LogP contribution in [0.25, 0.3) is 5.65 Å². The highest BCUT2D eigenvalue weighted by Crippen LogP contribution is 2.24. The minimum atomic E-state index is -2.68. The van der Waals surface area contributed by atoms with Gasteiger partial charge in [-0.05, 0) is 25.1 Å². The van der Waals surface area contributed by atoms with E-state index < -0.39 is 12.2 Å². The van der Waals surface area contributed by atoms with Gasteiger partial charge in [-0.2, -0.15) is 4.52 Å². The average molecular weight is 351 g/mol. The summed E-state index contributed by atoms with van der Waals surface area (Å²) in [5.74, 6) is 0.312. The van der Waals surface area contributed by atoms with Gasteiger partial charge >= 0.3 is 0 Å². The molecule has 1 atom stereocenters.